The molecule has 0 saturated heterocycles. The van der Waals surface area contributed by atoms with E-state index < -0.39 is 20.8 Å². The summed E-state index contributed by atoms with van der Waals surface area (Å²) in [6.45, 7) is 0. The van der Waals surface area contributed by atoms with Gasteiger partial charge in [0.15, 0.2) is 0 Å². The first kappa shape index (κ1) is 30.6. The van der Waals surface area contributed by atoms with E-state index in [2.05, 4.69) is 0 Å². The van der Waals surface area contributed by atoms with Crippen molar-refractivity contribution in [1.29, 1.82) is 0 Å². The van der Waals surface area contributed by atoms with Crippen LogP contribution in [0.25, 0.3) is 0 Å². The summed E-state index contributed by atoms with van der Waals surface area (Å²) in [6, 6.07) is 0. The third-order valence-electron chi connectivity index (χ3n) is 0. The topological polar surface area (TPSA) is 178 Å². The predicted molar refractivity (Wildman–Crippen MR) is 21.6 cm³/mol. The molecular weight excluding hydrogens is 378 g/mol. The Morgan fingerprint density at radius 3 is 0.643 bits per heavy atom. The molecule has 0 heterocycles. The van der Waals surface area contributed by atoms with E-state index in [0.29, 0.717) is 24.7 Å². The van der Waals surface area contributed by atoms with Gasteiger partial charge in [-0.05, 0) is 0 Å². The Morgan fingerprint density at radius 2 is 0.643 bits per heavy atom. The van der Waals surface area contributed by atoms with Gasteiger partial charge in [0.05, 0.1) is 0 Å². The summed E-state index contributed by atoms with van der Waals surface area (Å²) in [4.78, 5) is 0. The molecule has 0 amide bonds. The molecule has 0 bridgehead atoms. The zero-order valence-corrected chi connectivity index (χ0v) is 17.3. The first-order valence-corrected chi connectivity index (χ1v) is 5.21. The number of hydrogen-bond acceptors (Lipinski definition) is 9. The molecule has 0 N–H and O–H groups in total. The molecule has 0 atom stereocenters. The molecule has 0 rings (SSSR count). The van der Waals surface area contributed by atoms with Gasteiger partial charge in [0, 0.05) is 20.8 Å². The zero-order chi connectivity index (χ0) is 11.0. The van der Waals surface area contributed by atoms with Crippen molar-refractivity contribution in [2.75, 3.05) is 0 Å². The van der Waals surface area contributed by atoms with E-state index >= 15 is 0 Å². The van der Waals surface area contributed by atoms with Crippen LogP contribution in [0.15, 0.2) is 0 Å². The van der Waals surface area contributed by atoms with Gasteiger partial charge >= 0.3 is 130 Å². The van der Waals surface area contributed by atoms with Crippen molar-refractivity contribution < 1.29 is 165 Å². The van der Waals surface area contributed by atoms with Gasteiger partial charge in [-0.15, -0.1) is 0 Å². The van der Waals surface area contributed by atoms with Gasteiger partial charge in [-0.25, -0.2) is 0 Å². The summed E-state index contributed by atoms with van der Waals surface area (Å²) in [5, 5.41) is 0. The van der Waals surface area contributed by atoms with E-state index in [0.717, 1.165) is 0 Å². The molecule has 0 aromatic rings. The molecule has 9 nitrogen and oxygen atoms in total. The van der Waals surface area contributed by atoms with Crippen LogP contribution in [0, 0.1) is 0 Å². The van der Waals surface area contributed by atoms with Crippen molar-refractivity contribution in [2.45, 2.75) is 0 Å². The van der Waals surface area contributed by atoms with E-state index in [4.69, 9.17) is 37.9 Å². The van der Waals surface area contributed by atoms with Crippen LogP contribution in [0.4, 0.5) is 0 Å². The fourth-order valence-electron chi connectivity index (χ4n) is 0. The normalized spacial score (nSPS) is 8.71. The van der Waals surface area contributed by atoms with Gasteiger partial charge < -0.3 is 18.2 Å². The Bertz CT molecular complexity index is 230. The van der Waals surface area contributed by atoms with Gasteiger partial charge in [-0.1, -0.05) is 0 Å². The number of rotatable bonds is 0. The van der Waals surface area contributed by atoms with E-state index in [1.54, 1.807) is 0 Å². The summed E-state index contributed by atoms with van der Waals surface area (Å²) in [6.07, 6.45) is 0. The first-order valence-electron chi connectivity index (χ1n) is 1.54. The van der Waals surface area contributed by atoms with Crippen LogP contribution >= 0.6 is 0 Å². The molecule has 0 fully saturated rings. The molecule has 14 heavy (non-hydrogen) atoms. The molecule has 0 aromatic heterocycles. The van der Waals surface area contributed by atoms with Crippen molar-refractivity contribution in [2.24, 2.45) is 0 Å². The van der Waals surface area contributed by atoms with E-state index in [-0.39, 0.29) is 103 Å². The second kappa shape index (κ2) is 16.7. The first-order chi connectivity index (χ1) is 5.00. The summed E-state index contributed by atoms with van der Waals surface area (Å²) in [5.41, 5.74) is 0. The third-order valence-corrected chi connectivity index (χ3v) is 0. The summed E-state index contributed by atoms with van der Waals surface area (Å²) >= 11 is 0.300. The van der Waals surface area contributed by atoms with E-state index in [1.807, 2.05) is 0 Å². The Morgan fingerprint density at radius 1 is 0.643 bits per heavy atom. The van der Waals surface area contributed by atoms with Crippen LogP contribution in [-0.4, -0.2) is 35.0 Å². The van der Waals surface area contributed by atoms with Gasteiger partial charge in [0.1, 0.15) is 0 Å². The average Bonchev–Trinajstić information content (AvgIpc) is 1.59. The SMILES string of the molecule is O=S(=O)([O-])[O-].O=S(=O)([O-])[O-].[K+].[K+].[O]=[Zr+2]. The molecule has 0 unspecified atom stereocenters. The standard InChI is InChI=1S/2K.2H2O4S.O.Zr/c;;2*1-5(2,3)4;;/h;;2*(H2,1,2,3,4);;/q2*+1;;;;+2/p-4. The summed E-state index contributed by atoms with van der Waals surface area (Å²) < 4.78 is 76.5. The quantitative estimate of drug-likeness (QED) is 0.225. The maximum absolute atomic E-state index is 8.52. The minimum atomic E-state index is -5.17. The molecule has 0 aliphatic rings. The van der Waals surface area contributed by atoms with Crippen molar-refractivity contribution in [3.8, 4) is 0 Å². The van der Waals surface area contributed by atoms with Crippen LogP contribution in [0.5, 0.6) is 0 Å². The fourth-order valence-corrected chi connectivity index (χ4v) is 0. The van der Waals surface area contributed by atoms with Gasteiger partial charge in [0.25, 0.3) is 0 Å². The molecule has 0 aliphatic carbocycles. The Labute approximate surface area is 181 Å². The van der Waals surface area contributed by atoms with Crippen molar-refractivity contribution in [3.63, 3.8) is 0 Å². The van der Waals surface area contributed by atoms with Gasteiger partial charge in [-0.2, -0.15) is 0 Å². The monoisotopic (exact) mass is 376 g/mol. The fraction of sp³-hybridized carbons (Fsp3) is 0. The van der Waals surface area contributed by atoms with E-state index in [9.17, 15) is 0 Å². The van der Waals surface area contributed by atoms with Crippen LogP contribution in [0.1, 0.15) is 0 Å². The van der Waals surface area contributed by atoms with Crippen LogP contribution in [0.2, 0.25) is 0 Å². The van der Waals surface area contributed by atoms with Crippen molar-refractivity contribution in [3.05, 3.63) is 0 Å². The molecular formula is K2O9S2Zr. The van der Waals surface area contributed by atoms with Crippen molar-refractivity contribution >= 4 is 20.8 Å². The Kier molecular flexibility index (Phi) is 36.5. The van der Waals surface area contributed by atoms with Crippen molar-refractivity contribution in [1.82, 2.24) is 0 Å². The van der Waals surface area contributed by atoms with Gasteiger partial charge in [0.2, 0.25) is 0 Å². The Balaban J connectivity index is -0.0000000292. The molecule has 0 radical (unpaired) electrons. The second-order valence-corrected chi connectivity index (χ2v) is 2.45. The molecule has 72 valence electrons. The predicted octanol–water partition coefficient (Wildman–Crippen LogP) is -8.79. The van der Waals surface area contributed by atoms with Gasteiger partial charge in [-0.3, -0.25) is 16.8 Å². The maximum atomic E-state index is 8.52. The zero-order valence-electron chi connectivity index (χ0n) is 6.99. The summed E-state index contributed by atoms with van der Waals surface area (Å²) in [7, 11) is -10.3. The van der Waals surface area contributed by atoms with Crippen LogP contribution in [-0.2, 0) is 48.3 Å². The second-order valence-electron chi connectivity index (χ2n) is 0.816. The third kappa shape index (κ3) is 248. The van der Waals surface area contributed by atoms with E-state index in [1.165, 1.54) is 0 Å². The van der Waals surface area contributed by atoms with Crippen LogP contribution < -0.4 is 103 Å². The average molecular weight is 378 g/mol. The Hall–Kier alpha value is 3.70. The molecule has 0 aromatic carbocycles. The van der Waals surface area contributed by atoms with Crippen LogP contribution in [0.3, 0.4) is 0 Å². The minimum absolute atomic E-state index is 0. The summed E-state index contributed by atoms with van der Waals surface area (Å²) in [5.74, 6) is 0. The number of hydrogen-bond donors (Lipinski definition) is 0. The molecule has 0 spiro atoms. The molecule has 0 aliphatic heterocycles. The molecule has 14 heteroatoms. The molecule has 0 saturated carbocycles.